The van der Waals surface area contributed by atoms with Crippen LogP contribution < -0.4 is 10.1 Å². The molecule has 0 radical (unpaired) electrons. The average Bonchev–Trinajstić information content (AvgIpc) is 2.97. The topological polar surface area (TPSA) is 126 Å². The summed E-state index contributed by atoms with van der Waals surface area (Å²) in [6, 6.07) is 12.6. The van der Waals surface area contributed by atoms with E-state index in [4.69, 9.17) is 23.7 Å². The molecule has 0 unspecified atom stereocenters. The number of carbonyl (C=O) groups is 4. The summed E-state index contributed by atoms with van der Waals surface area (Å²) in [5.41, 5.74) is 1.06. The predicted octanol–water partition coefficient (Wildman–Crippen LogP) is 6.13. The lowest BCUT2D eigenvalue weighted by Crippen LogP contribution is -2.13. The maximum atomic E-state index is 12.4. The molecule has 0 aliphatic heterocycles. The van der Waals surface area contributed by atoms with Crippen molar-refractivity contribution in [3.63, 3.8) is 0 Å². The predicted molar refractivity (Wildman–Crippen MR) is 152 cm³/mol. The first-order valence-corrected chi connectivity index (χ1v) is 12.7. The molecule has 2 aromatic rings. The van der Waals surface area contributed by atoms with Gasteiger partial charge >= 0.3 is 24.0 Å². The summed E-state index contributed by atoms with van der Waals surface area (Å²) in [4.78, 5) is 47.4. The SMILES string of the molecule is C=CCOC(=O)Nc1ccc(C(=O)O/C(C)=C/C=C(\C)OC(=O)c2ccc(OCCCCOC(=O)C=C)cc2)cc1. The number of ether oxygens (including phenoxy) is 5. The van der Waals surface area contributed by atoms with Crippen LogP contribution in [0.2, 0.25) is 0 Å². The van der Waals surface area contributed by atoms with Crippen LogP contribution in [0, 0.1) is 0 Å². The average molecular weight is 564 g/mol. The summed E-state index contributed by atoms with van der Waals surface area (Å²) in [6.07, 6.45) is 6.29. The van der Waals surface area contributed by atoms with E-state index in [-0.39, 0.29) is 17.9 Å². The van der Waals surface area contributed by atoms with Gasteiger partial charge in [-0.2, -0.15) is 0 Å². The number of anilines is 1. The lowest BCUT2D eigenvalue weighted by Gasteiger charge is -2.08. The van der Waals surface area contributed by atoms with E-state index >= 15 is 0 Å². The van der Waals surface area contributed by atoms with Gasteiger partial charge in [-0.05, 0) is 87.4 Å². The molecule has 0 saturated heterocycles. The molecule has 0 aromatic heterocycles. The molecule has 1 N–H and O–H groups in total. The van der Waals surface area contributed by atoms with E-state index in [0.29, 0.717) is 48.8 Å². The Morgan fingerprint density at radius 1 is 0.756 bits per heavy atom. The first-order valence-electron chi connectivity index (χ1n) is 12.7. The molecule has 2 rings (SSSR count). The second kappa shape index (κ2) is 17.5. The van der Waals surface area contributed by atoms with Gasteiger partial charge in [-0.25, -0.2) is 19.2 Å². The van der Waals surface area contributed by atoms with Crippen molar-refractivity contribution < 1.29 is 42.9 Å². The molecule has 0 heterocycles. The lowest BCUT2D eigenvalue weighted by atomic mass is 10.2. The van der Waals surface area contributed by atoms with Crippen molar-refractivity contribution in [1.82, 2.24) is 0 Å². The fourth-order valence-electron chi connectivity index (χ4n) is 3.00. The van der Waals surface area contributed by atoms with Gasteiger partial charge in [-0.3, -0.25) is 5.32 Å². The van der Waals surface area contributed by atoms with Crippen molar-refractivity contribution in [3.05, 3.63) is 109 Å². The van der Waals surface area contributed by atoms with Gasteiger partial charge < -0.3 is 23.7 Å². The number of hydrogen-bond acceptors (Lipinski definition) is 9. The summed E-state index contributed by atoms with van der Waals surface area (Å²) >= 11 is 0. The van der Waals surface area contributed by atoms with E-state index in [1.54, 1.807) is 50.2 Å². The maximum Gasteiger partial charge on any atom is 0.411 e. The molecular weight excluding hydrogens is 530 g/mol. The van der Waals surface area contributed by atoms with Crippen LogP contribution >= 0.6 is 0 Å². The molecule has 0 saturated carbocycles. The van der Waals surface area contributed by atoms with Crippen molar-refractivity contribution in [1.29, 1.82) is 0 Å². The Bertz CT molecular complexity index is 1280. The van der Waals surface area contributed by atoms with Crippen LogP contribution in [0.25, 0.3) is 0 Å². The van der Waals surface area contributed by atoms with E-state index < -0.39 is 24.0 Å². The third-order valence-electron chi connectivity index (χ3n) is 5.07. The first kappa shape index (κ1) is 32.1. The number of benzene rings is 2. The van der Waals surface area contributed by atoms with Crippen molar-refractivity contribution in [2.24, 2.45) is 0 Å². The minimum absolute atomic E-state index is 0.0821. The van der Waals surface area contributed by atoms with Crippen molar-refractivity contribution in [3.8, 4) is 5.75 Å². The zero-order valence-electron chi connectivity index (χ0n) is 23.1. The summed E-state index contributed by atoms with van der Waals surface area (Å²) in [5.74, 6) is -0.441. The summed E-state index contributed by atoms with van der Waals surface area (Å²) in [5, 5.41) is 2.52. The molecule has 0 bridgehead atoms. The zero-order valence-corrected chi connectivity index (χ0v) is 23.1. The van der Waals surface area contributed by atoms with Gasteiger partial charge in [0, 0.05) is 11.8 Å². The smallest absolute Gasteiger partial charge is 0.411 e. The second-order valence-corrected chi connectivity index (χ2v) is 8.37. The Balaban J connectivity index is 1.78. The molecule has 1 amide bonds. The quantitative estimate of drug-likeness (QED) is 0.0518. The highest BCUT2D eigenvalue weighted by molar-refractivity contribution is 5.92. The zero-order chi connectivity index (χ0) is 30.0. The van der Waals surface area contributed by atoms with Gasteiger partial charge in [0.05, 0.1) is 24.3 Å². The Morgan fingerprint density at radius 2 is 1.29 bits per heavy atom. The van der Waals surface area contributed by atoms with Gasteiger partial charge in [-0.1, -0.05) is 19.2 Å². The molecule has 41 heavy (non-hydrogen) atoms. The van der Waals surface area contributed by atoms with Crippen LogP contribution in [0.3, 0.4) is 0 Å². The largest absolute Gasteiger partial charge is 0.494 e. The van der Waals surface area contributed by atoms with Crippen molar-refractivity contribution in [2.45, 2.75) is 26.7 Å². The number of unbranched alkanes of at least 4 members (excludes halogenated alkanes) is 1. The molecular formula is C31H33NO9. The highest BCUT2D eigenvalue weighted by atomic mass is 16.6. The van der Waals surface area contributed by atoms with Gasteiger partial charge in [-0.15, -0.1) is 0 Å². The number of rotatable bonds is 15. The molecule has 0 atom stereocenters. The van der Waals surface area contributed by atoms with Crippen LogP contribution in [0.1, 0.15) is 47.4 Å². The van der Waals surface area contributed by atoms with Crippen LogP contribution in [-0.2, 0) is 23.7 Å². The summed E-state index contributed by atoms with van der Waals surface area (Å²) in [7, 11) is 0. The Morgan fingerprint density at radius 3 is 1.83 bits per heavy atom. The number of hydrogen-bond donors (Lipinski definition) is 1. The minimum Gasteiger partial charge on any atom is -0.494 e. The standard InChI is InChI=1S/C31H33NO9/c1-5-19-39-31(36)32-26-15-11-24(12-16-26)29(34)40-22(3)9-10-23(4)41-30(35)25-13-17-27(18-14-25)37-20-7-8-21-38-28(33)6-2/h5-6,9-18H,1-2,7-8,19-21H2,3-4H3,(H,32,36)/b22-9+,23-10+. The maximum absolute atomic E-state index is 12.4. The first-order chi connectivity index (χ1) is 19.7. The Labute approximate surface area is 238 Å². The van der Waals surface area contributed by atoms with Crippen molar-refractivity contribution in [2.75, 3.05) is 25.1 Å². The fourth-order valence-corrected chi connectivity index (χ4v) is 3.00. The summed E-state index contributed by atoms with van der Waals surface area (Å²) in [6.45, 7) is 10.8. The third kappa shape index (κ3) is 12.5. The Kier molecular flexibility index (Phi) is 13.7. The normalized spacial score (nSPS) is 11.1. The number of carbonyl (C=O) groups excluding carboxylic acids is 4. The number of allylic oxidation sites excluding steroid dienone is 4. The number of amides is 1. The van der Waals surface area contributed by atoms with E-state index in [2.05, 4.69) is 18.5 Å². The molecule has 10 heteroatoms. The van der Waals surface area contributed by atoms with Gasteiger partial charge in [0.15, 0.2) is 0 Å². The molecule has 10 nitrogen and oxygen atoms in total. The highest BCUT2D eigenvalue weighted by Crippen LogP contribution is 2.16. The number of esters is 3. The molecule has 0 spiro atoms. The summed E-state index contributed by atoms with van der Waals surface area (Å²) < 4.78 is 26.0. The minimum atomic E-state index is -0.637. The van der Waals surface area contributed by atoms with Crippen LogP contribution in [0.5, 0.6) is 5.75 Å². The van der Waals surface area contributed by atoms with Crippen LogP contribution in [0.4, 0.5) is 10.5 Å². The lowest BCUT2D eigenvalue weighted by molar-refractivity contribution is -0.137. The van der Waals surface area contributed by atoms with E-state index in [1.165, 1.54) is 30.4 Å². The Hall–Kier alpha value is -5.12. The fraction of sp³-hybridized carbons (Fsp3) is 0.226. The molecule has 2 aromatic carbocycles. The van der Waals surface area contributed by atoms with Crippen LogP contribution in [-0.4, -0.2) is 43.8 Å². The monoisotopic (exact) mass is 563 g/mol. The van der Waals surface area contributed by atoms with E-state index in [9.17, 15) is 19.2 Å². The second-order valence-electron chi connectivity index (χ2n) is 8.37. The van der Waals surface area contributed by atoms with Gasteiger partial charge in [0.25, 0.3) is 0 Å². The highest BCUT2D eigenvalue weighted by Gasteiger charge is 2.11. The van der Waals surface area contributed by atoms with Crippen molar-refractivity contribution >= 4 is 29.7 Å². The molecule has 216 valence electrons. The van der Waals surface area contributed by atoms with Gasteiger partial charge in [0.2, 0.25) is 0 Å². The van der Waals surface area contributed by atoms with E-state index in [1.807, 2.05) is 0 Å². The number of nitrogens with one attached hydrogen (secondary N) is 1. The van der Waals surface area contributed by atoms with E-state index in [0.717, 1.165) is 6.08 Å². The molecule has 0 aliphatic carbocycles. The molecule has 0 aliphatic rings. The van der Waals surface area contributed by atoms with Crippen LogP contribution in [0.15, 0.2) is 97.5 Å². The molecule has 0 fully saturated rings. The third-order valence-corrected chi connectivity index (χ3v) is 5.07. The van der Waals surface area contributed by atoms with Gasteiger partial charge in [0.1, 0.15) is 23.9 Å².